The zero-order chi connectivity index (χ0) is 13.7. The molecule has 5 unspecified atom stereocenters. The van der Waals surface area contributed by atoms with Crippen LogP contribution in [0.15, 0.2) is 24.0 Å². The lowest BCUT2D eigenvalue weighted by molar-refractivity contribution is 0.0988. The number of hydrogen-bond donors (Lipinski definition) is 3. The molecule has 4 nitrogen and oxygen atoms in total. The molecule has 1 saturated carbocycles. The van der Waals surface area contributed by atoms with Gasteiger partial charge in [0.05, 0.1) is 12.1 Å². The Balaban J connectivity index is 1.29. The van der Waals surface area contributed by atoms with Gasteiger partial charge in [-0.1, -0.05) is 44.6 Å². The zero-order valence-corrected chi connectivity index (χ0v) is 11.8. The number of allylic oxidation sites excluding steroid dienone is 1. The summed E-state index contributed by atoms with van der Waals surface area (Å²) in [5.41, 5.74) is -0.295. The van der Waals surface area contributed by atoms with Crippen molar-refractivity contribution in [3.63, 3.8) is 0 Å². The monoisotopic (exact) mass is 276 g/mol. The van der Waals surface area contributed by atoms with Crippen molar-refractivity contribution in [3.8, 4) is 0 Å². The van der Waals surface area contributed by atoms with Crippen molar-refractivity contribution in [2.45, 2.75) is 68.9 Å². The summed E-state index contributed by atoms with van der Waals surface area (Å²) in [5, 5.41) is 23.1. The highest BCUT2D eigenvalue weighted by Crippen LogP contribution is 2.51. The maximum atomic E-state index is 10.2. The first-order valence-corrected chi connectivity index (χ1v) is 8.05. The Kier molecular flexibility index (Phi) is 2.95. The van der Waals surface area contributed by atoms with E-state index in [1.165, 1.54) is 38.5 Å². The summed E-state index contributed by atoms with van der Waals surface area (Å²) in [6.45, 7) is 0. The highest BCUT2D eigenvalue weighted by atomic mass is 16.3. The van der Waals surface area contributed by atoms with Gasteiger partial charge >= 0.3 is 0 Å². The van der Waals surface area contributed by atoms with Crippen LogP contribution >= 0.6 is 0 Å². The van der Waals surface area contributed by atoms with Crippen LogP contribution in [0.5, 0.6) is 0 Å². The number of nitrogens with zero attached hydrogens (tertiary/aromatic N) is 1. The first-order chi connectivity index (χ1) is 9.71. The van der Waals surface area contributed by atoms with Crippen LogP contribution in [0.4, 0.5) is 0 Å². The van der Waals surface area contributed by atoms with Crippen LogP contribution in [0.3, 0.4) is 0 Å². The zero-order valence-electron chi connectivity index (χ0n) is 11.8. The minimum absolute atomic E-state index is 0.188. The lowest BCUT2D eigenvalue weighted by atomic mass is 10.0. The molecule has 0 radical (unpaired) electrons. The van der Waals surface area contributed by atoms with Gasteiger partial charge in [0.1, 0.15) is 17.6 Å². The molecule has 0 aromatic rings. The van der Waals surface area contributed by atoms with Crippen molar-refractivity contribution in [2.24, 2.45) is 5.92 Å². The number of piperazine rings is 1. The van der Waals surface area contributed by atoms with E-state index >= 15 is 0 Å². The molecule has 5 atom stereocenters. The van der Waals surface area contributed by atoms with Crippen molar-refractivity contribution in [1.29, 1.82) is 0 Å². The van der Waals surface area contributed by atoms with Crippen LogP contribution in [0, 0.1) is 5.92 Å². The molecule has 2 saturated heterocycles. The average Bonchev–Trinajstić information content (AvgIpc) is 3.29. The molecule has 4 aliphatic rings. The van der Waals surface area contributed by atoms with Crippen molar-refractivity contribution in [1.82, 2.24) is 10.2 Å². The molecule has 0 aromatic carbocycles. The summed E-state index contributed by atoms with van der Waals surface area (Å²) in [6, 6.07) is 0.506. The fraction of sp³-hybridized carbons (Fsp3) is 0.750. The van der Waals surface area contributed by atoms with E-state index < -0.39 is 6.23 Å². The summed E-state index contributed by atoms with van der Waals surface area (Å²) in [4.78, 5) is 2.30. The Labute approximate surface area is 120 Å². The Morgan fingerprint density at radius 3 is 2.85 bits per heavy atom. The molecule has 110 valence electrons. The van der Waals surface area contributed by atoms with Crippen LogP contribution in [0.25, 0.3) is 0 Å². The predicted octanol–water partition coefficient (Wildman–Crippen LogP) is 2.03. The standard InChI is InChI=1S/C16H24N2O2/c19-12-8-9-14-16(10-12)17-15(20)13(18(14)16)5-3-1-2-4-11-6-7-11/h8-11,13-15,17,19-20H,1-7H2. The molecule has 0 bridgehead atoms. The molecule has 20 heavy (non-hydrogen) atoms. The first kappa shape index (κ1) is 12.9. The minimum Gasteiger partial charge on any atom is -0.508 e. The largest absolute Gasteiger partial charge is 0.508 e. The highest BCUT2D eigenvalue weighted by Gasteiger charge is 2.70. The van der Waals surface area contributed by atoms with Crippen molar-refractivity contribution >= 4 is 0 Å². The third kappa shape index (κ3) is 2.01. The summed E-state index contributed by atoms with van der Waals surface area (Å²) < 4.78 is 0. The Morgan fingerprint density at radius 1 is 1.25 bits per heavy atom. The minimum atomic E-state index is -0.467. The van der Waals surface area contributed by atoms with Gasteiger partial charge in [-0.15, -0.1) is 0 Å². The van der Waals surface area contributed by atoms with E-state index in [-0.39, 0.29) is 11.7 Å². The number of aliphatic hydroxyl groups excluding tert-OH is 2. The number of hydrogen-bond acceptors (Lipinski definition) is 4. The van der Waals surface area contributed by atoms with E-state index in [0.717, 1.165) is 12.3 Å². The van der Waals surface area contributed by atoms with Crippen molar-refractivity contribution < 1.29 is 10.2 Å². The summed E-state index contributed by atoms with van der Waals surface area (Å²) in [6.07, 6.45) is 14.3. The Bertz CT molecular complexity index is 457. The van der Waals surface area contributed by atoms with Crippen molar-refractivity contribution in [3.05, 3.63) is 24.0 Å². The lowest BCUT2D eigenvalue weighted by Gasteiger charge is -2.20. The fourth-order valence-electron chi connectivity index (χ4n) is 4.05. The molecule has 4 rings (SSSR count). The van der Waals surface area contributed by atoms with E-state index in [9.17, 15) is 10.2 Å². The predicted molar refractivity (Wildman–Crippen MR) is 76.9 cm³/mol. The van der Waals surface area contributed by atoms with Gasteiger partial charge < -0.3 is 10.2 Å². The summed E-state index contributed by atoms with van der Waals surface area (Å²) in [5.74, 6) is 1.33. The van der Waals surface area contributed by atoms with Crippen LogP contribution in [0.2, 0.25) is 0 Å². The molecule has 2 aliphatic heterocycles. The van der Waals surface area contributed by atoms with Crippen LogP contribution in [-0.4, -0.2) is 39.1 Å². The molecule has 3 fully saturated rings. The van der Waals surface area contributed by atoms with Gasteiger partial charge in [0.25, 0.3) is 0 Å². The Morgan fingerprint density at radius 2 is 2.05 bits per heavy atom. The van der Waals surface area contributed by atoms with E-state index in [1.807, 2.05) is 12.2 Å². The molecular weight excluding hydrogens is 252 g/mol. The Hall–Kier alpha value is -0.840. The fourth-order valence-corrected chi connectivity index (χ4v) is 4.05. The normalized spacial score (nSPS) is 45.0. The number of nitrogens with one attached hydrogen (secondary N) is 1. The van der Waals surface area contributed by atoms with Crippen LogP contribution in [0.1, 0.15) is 44.9 Å². The maximum absolute atomic E-state index is 10.2. The highest BCUT2D eigenvalue weighted by molar-refractivity contribution is 5.43. The SMILES string of the molecule is OC1=CC23NC(O)C(CCCCCC4CC4)N2C3C=C1. The number of aliphatic hydroxyl groups is 2. The van der Waals surface area contributed by atoms with E-state index in [0.29, 0.717) is 11.8 Å². The van der Waals surface area contributed by atoms with E-state index in [2.05, 4.69) is 10.2 Å². The summed E-state index contributed by atoms with van der Waals surface area (Å²) in [7, 11) is 0. The van der Waals surface area contributed by atoms with E-state index in [4.69, 9.17) is 0 Å². The lowest BCUT2D eigenvalue weighted by Crippen LogP contribution is -2.42. The third-order valence-corrected chi connectivity index (χ3v) is 5.34. The first-order valence-electron chi connectivity index (χ1n) is 8.05. The maximum Gasteiger partial charge on any atom is 0.122 e. The molecule has 2 heterocycles. The number of rotatable bonds is 6. The van der Waals surface area contributed by atoms with Crippen LogP contribution < -0.4 is 5.32 Å². The quantitative estimate of drug-likeness (QED) is 0.513. The van der Waals surface area contributed by atoms with E-state index in [1.54, 1.807) is 6.08 Å². The second-order valence-corrected chi connectivity index (χ2v) is 6.84. The topological polar surface area (TPSA) is 55.5 Å². The van der Waals surface area contributed by atoms with Gasteiger partial charge in [-0.25, -0.2) is 0 Å². The third-order valence-electron chi connectivity index (χ3n) is 5.34. The van der Waals surface area contributed by atoms with Gasteiger partial charge in [0.15, 0.2) is 0 Å². The average molecular weight is 276 g/mol. The number of fused-ring (bicyclic) bond motifs is 1. The van der Waals surface area contributed by atoms with Crippen molar-refractivity contribution in [2.75, 3.05) is 0 Å². The summed E-state index contributed by atoms with van der Waals surface area (Å²) >= 11 is 0. The molecule has 4 heteroatoms. The van der Waals surface area contributed by atoms with Gasteiger partial charge in [-0.2, -0.15) is 0 Å². The molecule has 2 aliphatic carbocycles. The number of unbranched alkanes of at least 4 members (excludes halogenated alkanes) is 2. The van der Waals surface area contributed by atoms with Gasteiger partial charge in [-0.05, 0) is 24.5 Å². The van der Waals surface area contributed by atoms with Gasteiger partial charge in [0, 0.05) is 0 Å². The molecule has 1 spiro atoms. The van der Waals surface area contributed by atoms with Crippen LogP contribution in [-0.2, 0) is 0 Å². The molecular formula is C16H24N2O2. The molecule has 0 amide bonds. The second-order valence-electron chi connectivity index (χ2n) is 6.84. The molecule has 0 aromatic heterocycles. The van der Waals surface area contributed by atoms with Gasteiger partial charge in [0.2, 0.25) is 0 Å². The second kappa shape index (κ2) is 4.58. The smallest absolute Gasteiger partial charge is 0.122 e. The van der Waals surface area contributed by atoms with Gasteiger partial charge in [-0.3, -0.25) is 10.2 Å². The molecule has 3 N–H and O–H groups in total.